The van der Waals surface area contributed by atoms with E-state index in [9.17, 15) is 13.2 Å². The molecule has 0 bridgehead atoms. The third kappa shape index (κ3) is 4.62. The Morgan fingerprint density at radius 3 is 2.54 bits per heavy atom. The molecule has 8 heteroatoms. The summed E-state index contributed by atoms with van der Waals surface area (Å²) in [7, 11) is -0.945. The van der Waals surface area contributed by atoms with Crippen molar-refractivity contribution in [2.24, 2.45) is 0 Å². The number of nitrogens with one attached hydrogen (secondary N) is 1. The van der Waals surface area contributed by atoms with Crippen molar-refractivity contribution < 1.29 is 17.9 Å². The molecule has 2 aromatic carbocycles. The summed E-state index contributed by atoms with van der Waals surface area (Å²) in [6, 6.07) is 11.4. The van der Waals surface area contributed by atoms with Gasteiger partial charge in [0.15, 0.2) is 0 Å². The molecule has 0 aliphatic heterocycles. The Bertz CT molecular complexity index is 898. The first-order chi connectivity index (χ1) is 12.3. The van der Waals surface area contributed by atoms with Gasteiger partial charge < -0.3 is 10.1 Å². The number of ether oxygens (including phenoxy) is 1. The molecule has 0 aromatic heterocycles. The maximum atomic E-state index is 12.6. The number of anilines is 1. The Balaban J connectivity index is 2.32. The second-order valence-electron chi connectivity index (χ2n) is 5.68. The second kappa shape index (κ2) is 8.64. The predicted octanol–water partition coefficient (Wildman–Crippen LogP) is 3.38. The summed E-state index contributed by atoms with van der Waals surface area (Å²) in [5, 5.41) is 2.85. The number of nitrogens with zero attached hydrogens (tertiary/aromatic N) is 1. The quantitative estimate of drug-likeness (QED) is 0.778. The van der Waals surface area contributed by atoms with Crippen LogP contribution >= 0.6 is 11.6 Å². The highest BCUT2D eigenvalue weighted by Crippen LogP contribution is 2.25. The minimum absolute atomic E-state index is 0.0620. The maximum Gasteiger partial charge on any atom is 0.255 e. The summed E-state index contributed by atoms with van der Waals surface area (Å²) >= 11 is 6.02. The lowest BCUT2D eigenvalue weighted by molar-refractivity contribution is 0.102. The number of benzene rings is 2. The van der Waals surface area contributed by atoms with Gasteiger partial charge >= 0.3 is 0 Å². The van der Waals surface area contributed by atoms with Crippen LogP contribution in [0.1, 0.15) is 22.8 Å². The Morgan fingerprint density at radius 1 is 1.19 bits per heavy atom. The van der Waals surface area contributed by atoms with Crippen LogP contribution in [0, 0.1) is 0 Å². The molecule has 1 amide bonds. The number of carbonyl (C=O) groups excluding carboxylic acids is 1. The number of amides is 1. The summed E-state index contributed by atoms with van der Waals surface area (Å²) in [5.41, 5.74) is 1.64. The molecule has 0 saturated carbocycles. The fraction of sp³-hybridized carbons (Fsp3) is 0.278. The molecule has 0 aliphatic rings. The third-order valence-corrected chi connectivity index (χ3v) is 5.98. The van der Waals surface area contributed by atoms with Gasteiger partial charge in [-0.15, -0.1) is 0 Å². The smallest absolute Gasteiger partial charge is 0.255 e. The van der Waals surface area contributed by atoms with Crippen molar-refractivity contribution in [2.45, 2.75) is 18.4 Å². The molecule has 0 heterocycles. The van der Waals surface area contributed by atoms with Gasteiger partial charge in [-0.2, -0.15) is 0 Å². The van der Waals surface area contributed by atoms with Crippen molar-refractivity contribution in [2.75, 3.05) is 26.0 Å². The first-order valence-electron chi connectivity index (χ1n) is 7.96. The normalized spacial score (nSPS) is 11.6. The van der Waals surface area contributed by atoms with E-state index in [0.29, 0.717) is 18.9 Å². The fourth-order valence-electron chi connectivity index (χ4n) is 2.21. The molecule has 0 saturated heterocycles. The molecule has 0 radical (unpaired) electrons. The molecule has 26 heavy (non-hydrogen) atoms. The van der Waals surface area contributed by atoms with Crippen LogP contribution in [0.4, 0.5) is 5.69 Å². The zero-order valence-electron chi connectivity index (χ0n) is 14.8. The van der Waals surface area contributed by atoms with Gasteiger partial charge in [-0.1, -0.05) is 29.8 Å². The molecule has 0 unspecified atom stereocenters. The summed E-state index contributed by atoms with van der Waals surface area (Å²) in [5.74, 6) is -0.430. The van der Waals surface area contributed by atoms with Gasteiger partial charge in [-0.3, -0.25) is 4.79 Å². The van der Waals surface area contributed by atoms with E-state index in [1.54, 1.807) is 12.1 Å². The van der Waals surface area contributed by atoms with Crippen molar-refractivity contribution in [3.05, 3.63) is 58.6 Å². The summed E-state index contributed by atoms with van der Waals surface area (Å²) in [4.78, 5) is 12.5. The highest BCUT2D eigenvalue weighted by molar-refractivity contribution is 7.89. The molecule has 140 valence electrons. The lowest BCUT2D eigenvalue weighted by Gasteiger charge is -2.14. The number of para-hydroxylation sites is 1. The third-order valence-electron chi connectivity index (χ3n) is 3.68. The SMILES string of the molecule is CCOCc1ccccc1NC(=O)c1ccc(Cl)c(S(=O)(=O)N(C)C)c1. The predicted molar refractivity (Wildman–Crippen MR) is 102 cm³/mol. The first kappa shape index (κ1) is 20.4. The average molecular weight is 397 g/mol. The number of hydrogen-bond acceptors (Lipinski definition) is 4. The molecular formula is C18H21ClN2O4S. The van der Waals surface area contributed by atoms with E-state index in [1.807, 2.05) is 19.1 Å². The van der Waals surface area contributed by atoms with Gasteiger partial charge in [0.1, 0.15) is 4.90 Å². The zero-order chi connectivity index (χ0) is 19.3. The Morgan fingerprint density at radius 2 is 1.88 bits per heavy atom. The summed E-state index contributed by atoms with van der Waals surface area (Å²) < 4.78 is 31.2. The van der Waals surface area contributed by atoms with Crippen molar-refractivity contribution in [1.29, 1.82) is 0 Å². The van der Waals surface area contributed by atoms with Crippen LogP contribution in [-0.4, -0.2) is 39.3 Å². The van der Waals surface area contributed by atoms with E-state index in [2.05, 4.69) is 5.32 Å². The van der Waals surface area contributed by atoms with Crippen LogP contribution in [0.5, 0.6) is 0 Å². The number of hydrogen-bond donors (Lipinski definition) is 1. The Kier molecular flexibility index (Phi) is 6.77. The van der Waals surface area contributed by atoms with Gasteiger partial charge in [0.25, 0.3) is 5.91 Å². The van der Waals surface area contributed by atoms with E-state index in [-0.39, 0.29) is 15.5 Å². The van der Waals surface area contributed by atoms with E-state index in [0.717, 1.165) is 9.87 Å². The van der Waals surface area contributed by atoms with E-state index < -0.39 is 15.9 Å². The minimum Gasteiger partial charge on any atom is -0.377 e. The molecule has 6 nitrogen and oxygen atoms in total. The molecule has 0 aliphatic carbocycles. The second-order valence-corrected chi connectivity index (χ2v) is 8.21. The van der Waals surface area contributed by atoms with E-state index in [1.165, 1.54) is 32.3 Å². The number of carbonyl (C=O) groups is 1. The van der Waals surface area contributed by atoms with Crippen LogP contribution < -0.4 is 5.32 Å². The van der Waals surface area contributed by atoms with Crippen molar-refractivity contribution in [3.8, 4) is 0 Å². The molecule has 0 spiro atoms. The number of rotatable bonds is 7. The monoisotopic (exact) mass is 396 g/mol. The van der Waals surface area contributed by atoms with Gasteiger partial charge in [0.2, 0.25) is 10.0 Å². The zero-order valence-corrected chi connectivity index (χ0v) is 16.4. The molecule has 0 fully saturated rings. The van der Waals surface area contributed by atoms with Crippen LogP contribution in [-0.2, 0) is 21.4 Å². The van der Waals surface area contributed by atoms with Gasteiger partial charge in [-0.05, 0) is 31.2 Å². The average Bonchev–Trinajstić information content (AvgIpc) is 2.61. The van der Waals surface area contributed by atoms with E-state index >= 15 is 0 Å². The lowest BCUT2D eigenvalue weighted by atomic mass is 10.1. The van der Waals surface area contributed by atoms with Crippen LogP contribution in [0.15, 0.2) is 47.4 Å². The lowest BCUT2D eigenvalue weighted by Crippen LogP contribution is -2.23. The fourth-order valence-corrected chi connectivity index (χ4v) is 3.61. The van der Waals surface area contributed by atoms with Gasteiger partial charge in [-0.25, -0.2) is 12.7 Å². The Labute approximate surface area is 158 Å². The van der Waals surface area contributed by atoms with Crippen LogP contribution in [0.25, 0.3) is 0 Å². The summed E-state index contributed by atoms with van der Waals surface area (Å²) in [6.07, 6.45) is 0. The standard InChI is InChI=1S/C18H21ClN2O4S/c1-4-25-12-14-7-5-6-8-16(14)20-18(22)13-9-10-15(19)17(11-13)26(23,24)21(2)3/h5-11H,4,12H2,1-3H3,(H,20,22). The molecule has 2 aromatic rings. The Hall–Kier alpha value is -1.93. The maximum absolute atomic E-state index is 12.6. The minimum atomic E-state index is -3.76. The van der Waals surface area contributed by atoms with Gasteiger partial charge in [0.05, 0.1) is 11.6 Å². The summed E-state index contributed by atoms with van der Waals surface area (Å²) in [6.45, 7) is 2.82. The van der Waals surface area contributed by atoms with E-state index in [4.69, 9.17) is 16.3 Å². The van der Waals surface area contributed by atoms with Crippen LogP contribution in [0.3, 0.4) is 0 Å². The first-order valence-corrected chi connectivity index (χ1v) is 9.78. The largest absolute Gasteiger partial charge is 0.377 e. The number of halogens is 1. The molecule has 0 atom stereocenters. The molecule has 2 rings (SSSR count). The van der Waals surface area contributed by atoms with Crippen LogP contribution in [0.2, 0.25) is 5.02 Å². The van der Waals surface area contributed by atoms with Crippen molar-refractivity contribution >= 4 is 33.2 Å². The topological polar surface area (TPSA) is 75.7 Å². The van der Waals surface area contributed by atoms with Crippen molar-refractivity contribution in [1.82, 2.24) is 4.31 Å². The highest BCUT2D eigenvalue weighted by Gasteiger charge is 2.22. The van der Waals surface area contributed by atoms with Crippen molar-refractivity contribution in [3.63, 3.8) is 0 Å². The molecular weight excluding hydrogens is 376 g/mol. The van der Waals surface area contributed by atoms with Gasteiger partial charge in [0, 0.05) is 37.5 Å². The number of sulfonamides is 1. The highest BCUT2D eigenvalue weighted by atomic mass is 35.5. The molecule has 1 N–H and O–H groups in total.